The van der Waals surface area contributed by atoms with Gasteiger partial charge >= 0.3 is 0 Å². The van der Waals surface area contributed by atoms with Crippen LogP contribution in [0.1, 0.15) is 0 Å². The van der Waals surface area contributed by atoms with Crippen molar-refractivity contribution < 1.29 is 49.4 Å². The van der Waals surface area contributed by atoms with Crippen LogP contribution in [0, 0.1) is 55.4 Å². The van der Waals surface area contributed by atoms with E-state index in [2.05, 4.69) is 6.07 Å². The van der Waals surface area contributed by atoms with Gasteiger partial charge in [0.25, 0.3) is 0 Å². The molecule has 0 aliphatic carbocycles. The average Bonchev–Trinajstić information content (AvgIpc) is 1.69. The molecule has 0 amide bonds. The fourth-order valence-electron chi connectivity index (χ4n) is 0.400. The van der Waals surface area contributed by atoms with E-state index < -0.39 is 0 Å². The van der Waals surface area contributed by atoms with Gasteiger partial charge < -0.3 is 5.73 Å². The third-order valence-electron chi connectivity index (χ3n) is 0.744. The van der Waals surface area contributed by atoms with Crippen molar-refractivity contribution in [3.8, 4) is 0 Å². The van der Waals surface area contributed by atoms with Crippen LogP contribution in [0.3, 0.4) is 0 Å². The van der Waals surface area contributed by atoms with Gasteiger partial charge in [0.1, 0.15) is 0 Å². The summed E-state index contributed by atoms with van der Waals surface area (Å²) in [5.41, 5.74) is 6.13. The van der Waals surface area contributed by atoms with E-state index in [1.807, 2.05) is 0 Å². The third-order valence-corrected chi connectivity index (χ3v) is 0.744. The van der Waals surface area contributed by atoms with Gasteiger partial charge in [0, 0.05) is 49.4 Å². The molecule has 2 N–H and O–H groups in total. The molecular weight excluding hydrogens is 238 g/mol. The molecule has 1 rings (SSSR count). The van der Waals surface area contributed by atoms with Crippen LogP contribution >= 0.6 is 0 Å². The molecule has 0 fully saturated rings. The summed E-state index contributed by atoms with van der Waals surface area (Å²) in [6, 6.07) is 10.0. The zero-order valence-corrected chi connectivity index (χ0v) is 6.69. The Bertz CT molecular complexity index is 138. The molecule has 43 valence electrons. The van der Waals surface area contributed by atoms with Crippen LogP contribution in [0.5, 0.6) is 0 Å². The van der Waals surface area contributed by atoms with Gasteiger partial charge in [-0.15, -0.1) is 12.1 Å². The first-order chi connectivity index (χ1) is 3.39. The van der Waals surface area contributed by atoms with Crippen molar-refractivity contribution in [2.24, 2.45) is 0 Å². The van der Waals surface area contributed by atoms with Gasteiger partial charge in [-0.1, -0.05) is 5.69 Å². The summed E-state index contributed by atoms with van der Waals surface area (Å²) in [4.78, 5) is 0. The molecular formula is C6H6EuN-. The molecule has 1 aromatic rings. The Kier molecular flexibility index (Phi) is 4.82. The Morgan fingerprint density at radius 3 is 2.00 bits per heavy atom. The smallest absolute Gasteiger partial charge is 0 e. The van der Waals surface area contributed by atoms with Gasteiger partial charge in [-0.2, -0.15) is 18.2 Å². The predicted octanol–water partition coefficient (Wildman–Crippen LogP) is 1.07. The molecule has 2 heteroatoms. The van der Waals surface area contributed by atoms with Gasteiger partial charge in [0.15, 0.2) is 0 Å². The first kappa shape index (κ1) is 8.60. The van der Waals surface area contributed by atoms with E-state index in [1.165, 1.54) is 0 Å². The van der Waals surface area contributed by atoms with E-state index >= 15 is 0 Å². The van der Waals surface area contributed by atoms with Crippen molar-refractivity contribution in [1.29, 1.82) is 0 Å². The SMILES string of the molecule is Nc1cc[c-]cc1.[Eu]. The number of nitrogen functional groups attached to an aromatic ring is 1. The molecule has 0 aromatic heterocycles. The van der Waals surface area contributed by atoms with Crippen molar-refractivity contribution >= 4 is 5.69 Å². The molecule has 0 aliphatic heterocycles. The Morgan fingerprint density at radius 2 is 1.75 bits per heavy atom. The number of rotatable bonds is 0. The monoisotopic (exact) mass is 245 g/mol. The molecule has 0 bridgehead atoms. The van der Waals surface area contributed by atoms with Crippen LogP contribution in [0.15, 0.2) is 24.3 Å². The summed E-state index contributed by atoms with van der Waals surface area (Å²) >= 11 is 0. The molecule has 1 aromatic carbocycles. The average molecular weight is 244 g/mol. The fourth-order valence-corrected chi connectivity index (χ4v) is 0.400. The predicted molar refractivity (Wildman–Crippen MR) is 29.7 cm³/mol. The number of hydrogen-bond donors (Lipinski definition) is 1. The van der Waals surface area contributed by atoms with Crippen LogP contribution in [-0.4, -0.2) is 0 Å². The molecule has 1 radical (unpaired) electrons. The van der Waals surface area contributed by atoms with E-state index in [1.54, 1.807) is 24.3 Å². The van der Waals surface area contributed by atoms with E-state index in [4.69, 9.17) is 5.73 Å². The van der Waals surface area contributed by atoms with Gasteiger partial charge in [-0.25, -0.2) is 0 Å². The summed E-state index contributed by atoms with van der Waals surface area (Å²) < 4.78 is 0. The maximum atomic E-state index is 5.34. The molecule has 0 atom stereocenters. The van der Waals surface area contributed by atoms with Crippen LogP contribution in [0.4, 0.5) is 5.69 Å². The number of nitrogens with two attached hydrogens (primary N) is 1. The van der Waals surface area contributed by atoms with E-state index in [-0.39, 0.29) is 49.4 Å². The zero-order valence-electron chi connectivity index (χ0n) is 4.26. The second-order valence-corrected chi connectivity index (χ2v) is 1.33. The topological polar surface area (TPSA) is 26.0 Å². The number of hydrogen-bond acceptors (Lipinski definition) is 1. The maximum Gasteiger partial charge on any atom is 0 e. The van der Waals surface area contributed by atoms with Crippen LogP contribution < -0.4 is 5.73 Å². The van der Waals surface area contributed by atoms with Gasteiger partial charge in [0.2, 0.25) is 0 Å². The molecule has 1 nitrogen and oxygen atoms in total. The summed E-state index contributed by atoms with van der Waals surface area (Å²) in [5.74, 6) is 0. The summed E-state index contributed by atoms with van der Waals surface area (Å²) in [5, 5.41) is 0. The van der Waals surface area contributed by atoms with Crippen molar-refractivity contribution in [2.75, 3.05) is 5.73 Å². The number of anilines is 1. The Labute approximate surface area is 89.8 Å². The standard InChI is InChI=1S/C6H6N.Eu/c7-6-4-2-1-3-5-6;/h2-5H,7H2;/q-1;. The van der Waals surface area contributed by atoms with Crippen LogP contribution in [0.25, 0.3) is 0 Å². The van der Waals surface area contributed by atoms with Gasteiger partial charge in [0.05, 0.1) is 0 Å². The second-order valence-electron chi connectivity index (χ2n) is 1.33. The molecule has 0 unspecified atom stereocenters. The molecule has 8 heavy (non-hydrogen) atoms. The molecule has 0 spiro atoms. The molecule has 0 heterocycles. The van der Waals surface area contributed by atoms with Gasteiger partial charge in [-0.3, -0.25) is 0 Å². The van der Waals surface area contributed by atoms with Crippen LogP contribution in [-0.2, 0) is 0 Å². The normalized spacial score (nSPS) is 7.50. The largest absolute Gasteiger partial charge is 0.419 e. The van der Waals surface area contributed by atoms with Crippen LogP contribution in [0.2, 0.25) is 0 Å². The third kappa shape index (κ3) is 2.80. The van der Waals surface area contributed by atoms with E-state index in [0.717, 1.165) is 5.69 Å². The second kappa shape index (κ2) is 4.48. The van der Waals surface area contributed by atoms with E-state index in [9.17, 15) is 0 Å². The molecule has 0 saturated carbocycles. The first-order valence-corrected chi connectivity index (χ1v) is 2.11. The minimum absolute atomic E-state index is 0. The Hall–Kier alpha value is 0.604. The van der Waals surface area contributed by atoms with Crippen molar-refractivity contribution in [1.82, 2.24) is 0 Å². The minimum atomic E-state index is 0. The van der Waals surface area contributed by atoms with Crippen molar-refractivity contribution in [3.05, 3.63) is 30.3 Å². The van der Waals surface area contributed by atoms with Crippen molar-refractivity contribution in [2.45, 2.75) is 0 Å². The number of benzene rings is 1. The molecule has 0 saturated heterocycles. The first-order valence-electron chi connectivity index (χ1n) is 2.11. The minimum Gasteiger partial charge on any atom is -0.419 e. The summed E-state index contributed by atoms with van der Waals surface area (Å²) in [6.45, 7) is 0. The van der Waals surface area contributed by atoms with Gasteiger partial charge in [-0.05, 0) is 0 Å². The summed E-state index contributed by atoms with van der Waals surface area (Å²) in [7, 11) is 0. The zero-order chi connectivity index (χ0) is 5.11. The Morgan fingerprint density at radius 1 is 1.25 bits per heavy atom. The maximum absolute atomic E-state index is 5.34. The van der Waals surface area contributed by atoms with E-state index in [0.29, 0.717) is 0 Å². The summed E-state index contributed by atoms with van der Waals surface area (Å²) in [6.07, 6.45) is 0. The fraction of sp³-hybridized carbons (Fsp3) is 0. The molecule has 0 aliphatic rings. The quantitative estimate of drug-likeness (QED) is 0.536. The van der Waals surface area contributed by atoms with Crippen molar-refractivity contribution in [3.63, 3.8) is 0 Å². The Balaban J connectivity index is 0.000000490.